The van der Waals surface area contributed by atoms with Gasteiger partial charge in [-0.25, -0.2) is 9.97 Å². The maximum absolute atomic E-state index is 4.70. The van der Waals surface area contributed by atoms with Crippen LogP contribution in [0, 0.1) is 18.3 Å². The van der Waals surface area contributed by atoms with Gasteiger partial charge in [0.2, 0.25) is 0 Å². The molecule has 0 bridgehead atoms. The van der Waals surface area contributed by atoms with E-state index in [4.69, 9.17) is 4.98 Å². The first-order chi connectivity index (χ1) is 12.1. The highest BCUT2D eigenvalue weighted by molar-refractivity contribution is 7.99. The van der Waals surface area contributed by atoms with Gasteiger partial charge in [0.25, 0.3) is 0 Å². The first-order valence-corrected chi connectivity index (χ1v) is 10.3. The van der Waals surface area contributed by atoms with Crippen LogP contribution >= 0.6 is 11.8 Å². The average Bonchev–Trinajstić information content (AvgIpc) is 2.97. The Morgan fingerprint density at radius 3 is 2.60 bits per heavy atom. The number of hydrogen-bond donors (Lipinski definition) is 0. The van der Waals surface area contributed by atoms with Crippen LogP contribution in [0.15, 0.2) is 46.6 Å². The second kappa shape index (κ2) is 6.99. The van der Waals surface area contributed by atoms with Crippen molar-refractivity contribution in [1.82, 2.24) is 9.97 Å². The average molecular weight is 354 g/mol. The molecule has 4 heteroatoms. The van der Waals surface area contributed by atoms with Crippen molar-refractivity contribution in [2.45, 2.75) is 55.9 Å². The summed E-state index contributed by atoms with van der Waals surface area (Å²) in [6.07, 6.45) is 10.8. The molecule has 3 nitrogen and oxygen atoms in total. The van der Waals surface area contributed by atoms with Gasteiger partial charge in [0.15, 0.2) is 0 Å². The monoisotopic (exact) mass is 353 g/mol. The Bertz CT molecular complexity index is 720. The predicted octanol–water partition coefficient (Wildman–Crippen LogP) is 5.34. The molecule has 1 spiro atoms. The lowest BCUT2D eigenvalue weighted by Crippen LogP contribution is -2.41. The normalized spacial score (nSPS) is 22.5. The van der Waals surface area contributed by atoms with Crippen molar-refractivity contribution in [3.05, 3.63) is 42.2 Å². The molecule has 0 radical (unpaired) electrons. The van der Waals surface area contributed by atoms with Gasteiger partial charge < -0.3 is 4.90 Å². The molecule has 0 amide bonds. The summed E-state index contributed by atoms with van der Waals surface area (Å²) in [5.41, 5.74) is 1.89. The highest BCUT2D eigenvalue weighted by Gasteiger charge is 2.42. The zero-order chi connectivity index (χ0) is 17.3. The summed E-state index contributed by atoms with van der Waals surface area (Å²) in [5, 5.41) is 0.965. The molecule has 1 aromatic carbocycles. The van der Waals surface area contributed by atoms with E-state index < -0.39 is 0 Å². The second-order valence-electron chi connectivity index (χ2n) is 7.77. The summed E-state index contributed by atoms with van der Waals surface area (Å²) >= 11 is 1.68. The highest BCUT2D eigenvalue weighted by atomic mass is 32.2. The Labute approximate surface area is 155 Å². The van der Waals surface area contributed by atoms with Crippen molar-refractivity contribution in [1.29, 1.82) is 0 Å². The van der Waals surface area contributed by atoms with Crippen molar-refractivity contribution in [2.75, 3.05) is 18.0 Å². The molecule has 132 valence electrons. The summed E-state index contributed by atoms with van der Waals surface area (Å²) < 4.78 is 0. The molecular weight excluding hydrogens is 326 g/mol. The van der Waals surface area contributed by atoms with E-state index in [0.29, 0.717) is 5.41 Å². The van der Waals surface area contributed by atoms with Gasteiger partial charge in [-0.1, -0.05) is 49.2 Å². The van der Waals surface area contributed by atoms with Crippen LogP contribution in [0.25, 0.3) is 0 Å². The summed E-state index contributed by atoms with van der Waals surface area (Å²) in [6.45, 7) is 6.83. The number of piperidine rings is 1. The Morgan fingerprint density at radius 1 is 1.12 bits per heavy atom. The van der Waals surface area contributed by atoms with E-state index in [1.54, 1.807) is 11.8 Å². The van der Waals surface area contributed by atoms with Crippen LogP contribution in [0.3, 0.4) is 0 Å². The topological polar surface area (TPSA) is 29.0 Å². The zero-order valence-corrected chi connectivity index (χ0v) is 16.1. The Balaban J connectivity index is 1.39. The fourth-order valence-corrected chi connectivity index (χ4v) is 5.41. The summed E-state index contributed by atoms with van der Waals surface area (Å²) in [7, 11) is 0. The Hall–Kier alpha value is -1.55. The number of rotatable bonds is 3. The lowest BCUT2D eigenvalue weighted by Gasteiger charge is -2.42. The maximum Gasteiger partial charge on any atom is 0.147 e. The fourth-order valence-electron chi connectivity index (χ4n) is 4.56. The molecule has 1 aliphatic heterocycles. The van der Waals surface area contributed by atoms with Gasteiger partial charge in [0.05, 0.1) is 12.4 Å². The van der Waals surface area contributed by atoms with E-state index in [0.717, 1.165) is 29.9 Å². The van der Waals surface area contributed by atoms with E-state index in [9.17, 15) is 0 Å². The first kappa shape index (κ1) is 16.9. The zero-order valence-electron chi connectivity index (χ0n) is 15.2. The van der Waals surface area contributed by atoms with Crippen LogP contribution < -0.4 is 4.90 Å². The van der Waals surface area contributed by atoms with Crippen molar-refractivity contribution < 1.29 is 0 Å². The largest absolute Gasteiger partial charge is 0.355 e. The van der Waals surface area contributed by atoms with Gasteiger partial charge in [0, 0.05) is 18.0 Å². The van der Waals surface area contributed by atoms with E-state index in [1.807, 2.05) is 12.4 Å². The molecule has 25 heavy (non-hydrogen) atoms. The maximum atomic E-state index is 4.70. The van der Waals surface area contributed by atoms with Crippen LogP contribution in [0.1, 0.15) is 44.6 Å². The number of anilines is 1. The second-order valence-corrected chi connectivity index (χ2v) is 8.87. The number of benzene rings is 1. The van der Waals surface area contributed by atoms with Crippen LogP contribution in [0.5, 0.6) is 0 Å². The van der Waals surface area contributed by atoms with Crippen LogP contribution in [0.2, 0.25) is 0 Å². The van der Waals surface area contributed by atoms with Crippen LogP contribution in [0.4, 0.5) is 5.82 Å². The third kappa shape index (κ3) is 3.55. The van der Waals surface area contributed by atoms with Crippen LogP contribution in [-0.2, 0) is 0 Å². The van der Waals surface area contributed by atoms with E-state index >= 15 is 0 Å². The minimum atomic E-state index is 0.616. The lowest BCUT2D eigenvalue weighted by atomic mass is 9.71. The summed E-state index contributed by atoms with van der Waals surface area (Å²) in [5.74, 6) is 1.93. The van der Waals surface area contributed by atoms with Crippen molar-refractivity contribution in [3.63, 3.8) is 0 Å². The third-order valence-electron chi connectivity index (χ3n) is 6.27. The minimum absolute atomic E-state index is 0.616. The molecule has 1 saturated carbocycles. The number of nitrogens with zero attached hydrogens (tertiary/aromatic N) is 3. The molecule has 1 atom stereocenters. The number of aryl methyl sites for hydroxylation is 1. The van der Waals surface area contributed by atoms with Gasteiger partial charge in [-0.05, 0) is 49.7 Å². The Morgan fingerprint density at radius 2 is 1.96 bits per heavy atom. The van der Waals surface area contributed by atoms with Gasteiger partial charge in [-0.15, -0.1) is 0 Å². The smallest absolute Gasteiger partial charge is 0.147 e. The fraction of sp³-hybridized carbons (Fsp3) is 0.524. The van der Waals surface area contributed by atoms with Crippen LogP contribution in [-0.4, -0.2) is 23.1 Å². The molecule has 1 aromatic heterocycles. The first-order valence-electron chi connectivity index (χ1n) is 9.46. The summed E-state index contributed by atoms with van der Waals surface area (Å²) in [4.78, 5) is 13.0. The van der Waals surface area contributed by atoms with Gasteiger partial charge in [-0.2, -0.15) is 0 Å². The van der Waals surface area contributed by atoms with Crippen molar-refractivity contribution in [2.24, 2.45) is 11.3 Å². The van der Waals surface area contributed by atoms with Crippen molar-refractivity contribution in [3.8, 4) is 0 Å². The van der Waals surface area contributed by atoms with Gasteiger partial charge >= 0.3 is 0 Å². The van der Waals surface area contributed by atoms with Gasteiger partial charge in [-0.3, -0.25) is 0 Å². The summed E-state index contributed by atoms with van der Waals surface area (Å²) in [6, 6.07) is 8.52. The predicted molar refractivity (Wildman–Crippen MR) is 104 cm³/mol. The highest BCUT2D eigenvalue weighted by Crippen LogP contribution is 2.50. The molecule has 0 N–H and O–H groups in total. The lowest BCUT2D eigenvalue weighted by molar-refractivity contribution is 0.161. The third-order valence-corrected chi connectivity index (χ3v) is 7.18. The van der Waals surface area contributed by atoms with E-state index in [2.05, 4.69) is 48.0 Å². The molecule has 4 rings (SSSR count). The molecular formula is C21H27N3S. The van der Waals surface area contributed by atoms with Gasteiger partial charge in [0.1, 0.15) is 10.8 Å². The molecule has 1 aliphatic carbocycles. The quantitative estimate of drug-likeness (QED) is 0.744. The SMILES string of the molecule is Cc1cccc(Sc2cnc(N3CCC4(CCC[C@H]4C)CC3)cn2)c1. The molecule has 0 unspecified atom stereocenters. The standard InChI is InChI=1S/C21H27N3S/c1-16-5-3-7-18(13-16)25-20-15-22-19(14-23-20)24-11-9-21(10-12-24)8-4-6-17(21)2/h3,5,7,13-15,17H,4,6,8-12H2,1-2H3/t17-/m1/s1. The van der Waals surface area contributed by atoms with E-state index in [-0.39, 0.29) is 0 Å². The number of aromatic nitrogens is 2. The molecule has 2 heterocycles. The number of hydrogen-bond acceptors (Lipinski definition) is 4. The molecule has 1 saturated heterocycles. The van der Waals surface area contributed by atoms with Crippen molar-refractivity contribution >= 4 is 17.6 Å². The Kier molecular flexibility index (Phi) is 4.72. The molecule has 2 fully saturated rings. The molecule has 2 aliphatic rings. The minimum Gasteiger partial charge on any atom is -0.355 e. The van der Waals surface area contributed by atoms with E-state index in [1.165, 1.54) is 42.6 Å². The molecule has 2 aromatic rings.